The summed E-state index contributed by atoms with van der Waals surface area (Å²) in [5.41, 5.74) is 2.17. The van der Waals surface area contributed by atoms with Crippen LogP contribution in [0.1, 0.15) is 143 Å². The van der Waals surface area contributed by atoms with Crippen LogP contribution in [-0.4, -0.2) is 182 Å². The van der Waals surface area contributed by atoms with Crippen LogP contribution in [0.3, 0.4) is 0 Å². The van der Waals surface area contributed by atoms with Gasteiger partial charge in [0.1, 0.15) is 49.0 Å². The topological polar surface area (TPSA) is 182 Å². The van der Waals surface area contributed by atoms with E-state index in [1.54, 1.807) is 0 Å². The van der Waals surface area contributed by atoms with Crippen molar-refractivity contribution < 1.29 is 85.4 Å². The van der Waals surface area contributed by atoms with E-state index in [0.717, 1.165) is 56.0 Å². The fourth-order valence-corrected chi connectivity index (χ4v) is 18.6. The first-order chi connectivity index (χ1) is 37.6. The second-order valence-corrected chi connectivity index (χ2v) is 27.5. The summed E-state index contributed by atoms with van der Waals surface area (Å²) in [6.07, 6.45) is 6.42. The molecule has 17 rings (SSSR count). The van der Waals surface area contributed by atoms with Gasteiger partial charge in [-0.1, -0.05) is 40.9 Å². The minimum absolute atomic E-state index is 0.00890. The Labute approximate surface area is 457 Å². The maximum atomic E-state index is 14.6. The molecule has 17 fully saturated rings. The van der Waals surface area contributed by atoms with Gasteiger partial charge in [-0.3, -0.25) is 4.79 Å². The lowest BCUT2D eigenvalue weighted by molar-refractivity contribution is -0.369. The summed E-state index contributed by atoms with van der Waals surface area (Å²) in [6, 6.07) is 0. The number of hydrogen-bond donors (Lipinski definition) is 0. The van der Waals surface area contributed by atoms with Gasteiger partial charge < -0.3 is 80.6 Å². The van der Waals surface area contributed by atoms with Gasteiger partial charge in [0.2, 0.25) is 0 Å². The van der Waals surface area contributed by atoms with Crippen molar-refractivity contribution in [3.8, 4) is 0 Å². The quantitative estimate of drug-likeness (QED) is 0.165. The number of hydrogen-bond acceptors (Lipinski definition) is 18. The fraction of sp³-hybridized carbons (Fsp3) is 0.900. The van der Waals surface area contributed by atoms with Gasteiger partial charge in [0.05, 0.1) is 116 Å². The molecule has 0 amide bonds. The summed E-state index contributed by atoms with van der Waals surface area (Å²) < 4.78 is 110. The van der Waals surface area contributed by atoms with E-state index in [0.29, 0.717) is 70.6 Å². The van der Waals surface area contributed by atoms with Crippen molar-refractivity contribution in [1.29, 1.82) is 0 Å². The van der Waals surface area contributed by atoms with Crippen molar-refractivity contribution in [2.45, 2.75) is 313 Å². The van der Waals surface area contributed by atoms with Gasteiger partial charge in [0.25, 0.3) is 0 Å². The molecule has 17 saturated heterocycles. The highest BCUT2D eigenvalue weighted by Gasteiger charge is 2.70. The van der Waals surface area contributed by atoms with E-state index in [-0.39, 0.29) is 158 Å². The van der Waals surface area contributed by atoms with E-state index in [4.69, 9.17) is 75.8 Å². The molecule has 0 aromatic heterocycles. The first kappa shape index (κ1) is 51.6. The van der Waals surface area contributed by atoms with Crippen LogP contribution in [0.4, 0.5) is 0 Å². The van der Waals surface area contributed by atoms with Crippen LogP contribution in [-0.2, 0) is 85.4 Å². The molecule has 18 nitrogen and oxygen atoms in total. The van der Waals surface area contributed by atoms with E-state index >= 15 is 0 Å². The van der Waals surface area contributed by atoms with Crippen LogP contribution < -0.4 is 0 Å². The van der Waals surface area contributed by atoms with Gasteiger partial charge in [0, 0.05) is 70.1 Å². The highest BCUT2D eigenvalue weighted by molar-refractivity contribution is 5.70. The molecule has 18 heteroatoms. The number of fused-ring (bicyclic) bond motifs is 11. The van der Waals surface area contributed by atoms with Crippen LogP contribution in [0.2, 0.25) is 0 Å². The molecule has 3 spiro atoms. The minimum atomic E-state index is -0.893. The predicted molar refractivity (Wildman–Crippen MR) is 269 cm³/mol. The molecule has 17 heterocycles. The number of carbonyl (C=O) groups excluding carboxylic acids is 2. The molecule has 0 saturated carbocycles. The second-order valence-electron chi connectivity index (χ2n) is 27.5. The highest BCUT2D eigenvalue weighted by Crippen LogP contribution is 2.58. The molecule has 17 aliphatic heterocycles. The summed E-state index contributed by atoms with van der Waals surface area (Å²) >= 11 is 0. The molecule has 0 aromatic carbocycles. The molecule has 0 aliphatic carbocycles. The normalized spacial score (nSPS) is 59.6. The minimum Gasteiger partial charge on any atom is -0.459 e. The van der Waals surface area contributed by atoms with Gasteiger partial charge >= 0.3 is 5.97 Å². The Bertz CT molecular complexity index is 2390. The van der Waals surface area contributed by atoms with Crippen LogP contribution in [0.5, 0.6) is 0 Å². The van der Waals surface area contributed by atoms with Crippen molar-refractivity contribution in [3.05, 3.63) is 24.3 Å². The average molecular weight is 1090 g/mol. The Morgan fingerprint density at radius 1 is 0.436 bits per heavy atom. The highest BCUT2D eigenvalue weighted by atomic mass is 16.8. The lowest BCUT2D eigenvalue weighted by atomic mass is 9.78. The Morgan fingerprint density at radius 2 is 1.09 bits per heavy atom. The number of aldehydes is 1. The first-order valence-electron chi connectivity index (χ1n) is 30.6. The van der Waals surface area contributed by atoms with Crippen molar-refractivity contribution in [1.82, 2.24) is 0 Å². The molecule has 0 radical (unpaired) electrons. The van der Waals surface area contributed by atoms with Crippen molar-refractivity contribution in [3.63, 3.8) is 0 Å². The molecule has 2 unspecified atom stereocenters. The molecule has 32 atom stereocenters. The number of ether oxygens (including phenoxy) is 16. The second kappa shape index (κ2) is 19.0. The molecule has 12 bridgehead atoms. The fourth-order valence-electron chi connectivity index (χ4n) is 18.6. The lowest BCUT2D eigenvalue weighted by Crippen LogP contribution is -2.62. The number of rotatable bonds is 1. The van der Waals surface area contributed by atoms with E-state index < -0.39 is 47.9 Å². The van der Waals surface area contributed by atoms with Crippen molar-refractivity contribution in [2.75, 3.05) is 0 Å². The number of esters is 1. The average Bonchev–Trinajstić information content (AvgIpc) is 4.43. The van der Waals surface area contributed by atoms with E-state index in [1.165, 1.54) is 0 Å². The van der Waals surface area contributed by atoms with Gasteiger partial charge in [-0.25, -0.2) is 0 Å². The van der Waals surface area contributed by atoms with E-state index in [9.17, 15) is 9.59 Å². The summed E-state index contributed by atoms with van der Waals surface area (Å²) in [5, 5.41) is 0. The largest absolute Gasteiger partial charge is 0.459 e. The van der Waals surface area contributed by atoms with Crippen LogP contribution in [0, 0.1) is 23.7 Å². The summed E-state index contributed by atoms with van der Waals surface area (Å²) in [5.74, 6) is -2.49. The van der Waals surface area contributed by atoms with Crippen LogP contribution >= 0.6 is 0 Å². The SMILES string of the molecule is C=C1C[C@@H]2CC[C@@]34C[C@H]5O[C@H]6C(O[C@H]7CC[C@H](CC(=O)O[C@@H]8[C@@H](C)[C@@H]9O[C@@H]%10C[C@]%11(C[C@@H]%12O[C@]%13(C[C@H](C)[C@@H]%14O[C@@H]%15CC(C=O)O[C@@H]%15C[C@@H]%14O%13)C[C@H](C)[C@@H]%12O%11)O[C@@H]%10C[C@@H]9O[C@H]8C[C@H]8O[C@@H](CC[C@@H]1O2)C[C@@H](C)C8=C)O[C@@H]7[C@@H]6O3)[C@H]5O4. The number of carbonyl (C=O) groups is 2. The van der Waals surface area contributed by atoms with Gasteiger partial charge in [-0.15, -0.1) is 0 Å². The van der Waals surface area contributed by atoms with Gasteiger partial charge in [-0.05, 0) is 73.8 Å². The van der Waals surface area contributed by atoms with Crippen molar-refractivity contribution >= 4 is 12.3 Å². The molecule has 0 N–H and O–H groups in total. The summed E-state index contributed by atoms with van der Waals surface area (Å²) in [6.45, 7) is 18.0. The monoisotopic (exact) mass is 1090 g/mol. The predicted octanol–water partition coefficient (Wildman–Crippen LogP) is 6.18. The zero-order chi connectivity index (χ0) is 52.7. The molecule has 430 valence electrons. The molecule has 0 aromatic rings. The Balaban J connectivity index is 0.635. The Morgan fingerprint density at radius 3 is 1.96 bits per heavy atom. The zero-order valence-corrected chi connectivity index (χ0v) is 45.8. The third kappa shape index (κ3) is 8.54. The third-order valence-electron chi connectivity index (χ3n) is 22.2. The third-order valence-corrected chi connectivity index (χ3v) is 22.2. The van der Waals surface area contributed by atoms with Crippen molar-refractivity contribution in [2.24, 2.45) is 23.7 Å². The molecule has 78 heavy (non-hydrogen) atoms. The molecule has 17 aliphatic rings. The Hall–Kier alpha value is -1.98. The standard InChI is InChI=1S/C60H82O18/c1-26-13-32-7-9-36-27(2)14-34(63-36)11-12-58-23-46-54(77-58)55-56(71-46)57(78-58)53-37(68-55)10-8-33(66-53)16-48(62)72-52-31(6)51-43(67-42(52)17-38(64-32)30(26)5)19-41-45(70-51)22-60(73-41)24-47-50(76-60)29(4)21-59(75-47)20-28(3)49-44(74-59)18-40-39(69-49)15-35(25-61)65-40/h25-26,28-29,31-47,49-57H,2,5,7-24H2,1,3-4,6H3/t26-,28+,29+,31+,32+,33-,34+,35?,36+,37+,38-,39-,40-,41-,42+,43+,44+,45-,46-,47+,49+,50+,51+,52-,53+,54+,55?,56+,57+,58+,59-,60+/m1/s1. The summed E-state index contributed by atoms with van der Waals surface area (Å²) in [4.78, 5) is 26.2. The van der Waals surface area contributed by atoms with Crippen LogP contribution in [0.25, 0.3) is 0 Å². The van der Waals surface area contributed by atoms with E-state index in [2.05, 4.69) is 40.9 Å². The lowest BCUT2D eigenvalue weighted by Gasteiger charge is -2.54. The first-order valence-corrected chi connectivity index (χ1v) is 30.6. The Kier molecular flexibility index (Phi) is 12.6. The maximum absolute atomic E-state index is 14.6. The smallest absolute Gasteiger partial charge is 0.308 e. The van der Waals surface area contributed by atoms with Gasteiger partial charge in [0.15, 0.2) is 17.4 Å². The summed E-state index contributed by atoms with van der Waals surface area (Å²) in [7, 11) is 0. The zero-order valence-electron chi connectivity index (χ0n) is 45.8. The molecular weight excluding hydrogens is 1010 g/mol. The van der Waals surface area contributed by atoms with Gasteiger partial charge in [-0.2, -0.15) is 0 Å². The van der Waals surface area contributed by atoms with E-state index in [1.807, 2.05) is 0 Å². The maximum Gasteiger partial charge on any atom is 0.308 e. The molecular formula is C60H82O18. The van der Waals surface area contributed by atoms with Crippen LogP contribution in [0.15, 0.2) is 24.3 Å².